The fourth-order valence-electron chi connectivity index (χ4n) is 2.84. The molecule has 1 unspecified atom stereocenters. The third kappa shape index (κ3) is 4.55. The molecule has 0 aromatic heterocycles. The minimum absolute atomic E-state index is 0.389. The zero-order chi connectivity index (χ0) is 11.1. The second-order valence-corrected chi connectivity index (χ2v) is 5.50. The molecule has 1 aliphatic rings. The van der Waals surface area contributed by atoms with E-state index in [4.69, 9.17) is 0 Å². The molecule has 0 aromatic rings. The predicted molar refractivity (Wildman–Crippen MR) is 66.0 cm³/mol. The van der Waals surface area contributed by atoms with E-state index in [9.17, 15) is 5.11 Å². The van der Waals surface area contributed by atoms with E-state index in [2.05, 4.69) is 13.8 Å². The number of rotatable bonds is 5. The Morgan fingerprint density at radius 3 is 2.20 bits per heavy atom. The molecular weight excluding hydrogens is 184 g/mol. The zero-order valence-electron chi connectivity index (χ0n) is 10.6. The first kappa shape index (κ1) is 13.0. The van der Waals surface area contributed by atoms with Gasteiger partial charge in [-0.2, -0.15) is 0 Å². The van der Waals surface area contributed by atoms with E-state index >= 15 is 0 Å². The standard InChI is InChI=1S/C14H28O/c1-3-4-9-12-14(2,15)13-10-7-5-6-8-11-13/h13,15H,3-12H2,1-2H3. The summed E-state index contributed by atoms with van der Waals surface area (Å²) in [5.41, 5.74) is -0.389. The van der Waals surface area contributed by atoms with E-state index in [0.29, 0.717) is 5.92 Å². The highest BCUT2D eigenvalue weighted by molar-refractivity contribution is 4.83. The molecule has 15 heavy (non-hydrogen) atoms. The molecule has 0 aromatic carbocycles. The maximum absolute atomic E-state index is 10.5. The Morgan fingerprint density at radius 1 is 1.07 bits per heavy atom. The summed E-state index contributed by atoms with van der Waals surface area (Å²) in [6, 6.07) is 0. The van der Waals surface area contributed by atoms with Crippen LogP contribution >= 0.6 is 0 Å². The second kappa shape index (κ2) is 6.52. The number of unbranched alkanes of at least 4 members (excludes halogenated alkanes) is 2. The summed E-state index contributed by atoms with van der Waals surface area (Å²) in [5.74, 6) is 0.567. The number of aliphatic hydroxyl groups is 1. The fraction of sp³-hybridized carbons (Fsp3) is 1.00. The highest BCUT2D eigenvalue weighted by atomic mass is 16.3. The average Bonchev–Trinajstić information content (AvgIpc) is 2.46. The summed E-state index contributed by atoms with van der Waals surface area (Å²) >= 11 is 0. The van der Waals surface area contributed by atoms with Gasteiger partial charge in [0.25, 0.3) is 0 Å². The molecule has 0 radical (unpaired) electrons. The summed E-state index contributed by atoms with van der Waals surface area (Å²) in [6.45, 7) is 4.29. The Kier molecular flexibility index (Phi) is 5.66. The Morgan fingerprint density at radius 2 is 1.67 bits per heavy atom. The number of hydrogen-bond acceptors (Lipinski definition) is 1. The van der Waals surface area contributed by atoms with Crippen LogP contribution in [-0.2, 0) is 0 Å². The topological polar surface area (TPSA) is 20.2 Å². The Labute approximate surface area is 95.3 Å². The molecule has 0 bridgehead atoms. The van der Waals surface area contributed by atoms with Crippen molar-refractivity contribution in [2.24, 2.45) is 5.92 Å². The molecule has 0 spiro atoms. The first-order valence-electron chi connectivity index (χ1n) is 6.89. The third-order valence-electron chi connectivity index (χ3n) is 4.02. The molecule has 0 saturated heterocycles. The van der Waals surface area contributed by atoms with Crippen molar-refractivity contribution >= 4 is 0 Å². The predicted octanol–water partition coefficient (Wildman–Crippen LogP) is 4.29. The summed E-state index contributed by atoms with van der Waals surface area (Å²) in [4.78, 5) is 0. The van der Waals surface area contributed by atoms with Gasteiger partial charge in [-0.1, -0.05) is 51.9 Å². The second-order valence-electron chi connectivity index (χ2n) is 5.50. The first-order chi connectivity index (χ1) is 7.17. The van der Waals surface area contributed by atoms with Crippen LogP contribution in [0.4, 0.5) is 0 Å². The number of hydrogen-bond donors (Lipinski definition) is 1. The lowest BCUT2D eigenvalue weighted by atomic mass is 9.80. The molecule has 90 valence electrons. The van der Waals surface area contributed by atoms with Gasteiger partial charge in [0.05, 0.1) is 5.60 Å². The molecule has 1 nitrogen and oxygen atoms in total. The molecule has 0 heterocycles. The molecule has 1 N–H and O–H groups in total. The monoisotopic (exact) mass is 212 g/mol. The smallest absolute Gasteiger partial charge is 0.0647 e. The summed E-state index contributed by atoms with van der Waals surface area (Å²) < 4.78 is 0. The molecule has 0 aliphatic heterocycles. The van der Waals surface area contributed by atoms with E-state index in [1.165, 1.54) is 57.8 Å². The summed E-state index contributed by atoms with van der Waals surface area (Å²) in [7, 11) is 0. The maximum atomic E-state index is 10.5. The van der Waals surface area contributed by atoms with Crippen LogP contribution in [0.5, 0.6) is 0 Å². The van der Waals surface area contributed by atoms with Gasteiger partial charge in [0.15, 0.2) is 0 Å². The Balaban J connectivity index is 2.35. The summed E-state index contributed by atoms with van der Waals surface area (Å²) in [5, 5.41) is 10.5. The van der Waals surface area contributed by atoms with Gasteiger partial charge in [-0.25, -0.2) is 0 Å². The van der Waals surface area contributed by atoms with E-state index in [0.717, 1.165) is 6.42 Å². The van der Waals surface area contributed by atoms with Crippen molar-refractivity contribution in [1.82, 2.24) is 0 Å². The van der Waals surface area contributed by atoms with Crippen LogP contribution in [0.1, 0.15) is 78.1 Å². The van der Waals surface area contributed by atoms with E-state index in [-0.39, 0.29) is 5.60 Å². The normalized spacial score (nSPS) is 23.4. The molecule has 1 atom stereocenters. The van der Waals surface area contributed by atoms with Gasteiger partial charge in [-0.05, 0) is 32.1 Å². The zero-order valence-corrected chi connectivity index (χ0v) is 10.6. The third-order valence-corrected chi connectivity index (χ3v) is 4.02. The molecule has 1 rings (SSSR count). The summed E-state index contributed by atoms with van der Waals surface area (Å²) in [6.07, 6.45) is 12.6. The van der Waals surface area contributed by atoms with Gasteiger partial charge in [-0.15, -0.1) is 0 Å². The van der Waals surface area contributed by atoms with Crippen molar-refractivity contribution in [3.05, 3.63) is 0 Å². The van der Waals surface area contributed by atoms with Crippen LogP contribution in [0.3, 0.4) is 0 Å². The molecule has 1 heteroatoms. The molecular formula is C14H28O. The highest BCUT2D eigenvalue weighted by Gasteiger charge is 2.31. The van der Waals surface area contributed by atoms with Gasteiger partial charge in [0.2, 0.25) is 0 Å². The van der Waals surface area contributed by atoms with Crippen LogP contribution in [-0.4, -0.2) is 10.7 Å². The maximum Gasteiger partial charge on any atom is 0.0647 e. The van der Waals surface area contributed by atoms with Crippen molar-refractivity contribution in [1.29, 1.82) is 0 Å². The lowest BCUT2D eigenvalue weighted by Crippen LogP contribution is -2.34. The molecule has 1 aliphatic carbocycles. The molecule has 1 saturated carbocycles. The van der Waals surface area contributed by atoms with Crippen LogP contribution in [0.25, 0.3) is 0 Å². The SMILES string of the molecule is CCCCCC(C)(O)C1CCCCCC1. The van der Waals surface area contributed by atoms with Crippen LogP contribution in [0.2, 0.25) is 0 Å². The average molecular weight is 212 g/mol. The van der Waals surface area contributed by atoms with Crippen molar-refractivity contribution < 1.29 is 5.11 Å². The van der Waals surface area contributed by atoms with Crippen molar-refractivity contribution in [2.45, 2.75) is 83.7 Å². The fourth-order valence-corrected chi connectivity index (χ4v) is 2.84. The first-order valence-corrected chi connectivity index (χ1v) is 6.89. The van der Waals surface area contributed by atoms with Crippen LogP contribution in [0.15, 0.2) is 0 Å². The lowest BCUT2D eigenvalue weighted by molar-refractivity contribution is -0.0170. The van der Waals surface area contributed by atoms with Gasteiger partial charge in [0, 0.05) is 0 Å². The van der Waals surface area contributed by atoms with Crippen LogP contribution in [0, 0.1) is 5.92 Å². The van der Waals surface area contributed by atoms with E-state index in [1.54, 1.807) is 0 Å². The van der Waals surface area contributed by atoms with Crippen LogP contribution < -0.4 is 0 Å². The van der Waals surface area contributed by atoms with Crippen molar-refractivity contribution in [3.8, 4) is 0 Å². The van der Waals surface area contributed by atoms with Gasteiger partial charge in [0.1, 0.15) is 0 Å². The van der Waals surface area contributed by atoms with E-state index in [1.807, 2.05) is 0 Å². The quantitative estimate of drug-likeness (QED) is 0.532. The minimum Gasteiger partial charge on any atom is -0.390 e. The molecule has 0 amide bonds. The minimum atomic E-state index is -0.389. The van der Waals surface area contributed by atoms with Gasteiger partial charge < -0.3 is 5.11 Å². The highest BCUT2D eigenvalue weighted by Crippen LogP contribution is 2.34. The largest absolute Gasteiger partial charge is 0.390 e. The van der Waals surface area contributed by atoms with Gasteiger partial charge in [-0.3, -0.25) is 0 Å². The Bertz CT molecular complexity index is 155. The van der Waals surface area contributed by atoms with E-state index < -0.39 is 0 Å². The lowest BCUT2D eigenvalue weighted by Gasteiger charge is -2.32. The van der Waals surface area contributed by atoms with Crippen molar-refractivity contribution in [3.63, 3.8) is 0 Å². The molecule has 1 fully saturated rings. The van der Waals surface area contributed by atoms with Crippen molar-refractivity contribution in [2.75, 3.05) is 0 Å². The Hall–Kier alpha value is -0.0400. The van der Waals surface area contributed by atoms with Gasteiger partial charge >= 0.3 is 0 Å².